The first-order valence-electron chi connectivity index (χ1n) is 8.99. The third-order valence-corrected chi connectivity index (χ3v) is 7.24. The number of ether oxygens (including phenoxy) is 1. The van der Waals surface area contributed by atoms with Crippen molar-refractivity contribution in [2.45, 2.75) is 31.7 Å². The molecule has 0 heterocycles. The number of carbonyl (C=O) groups excluding carboxylic acids is 1. The molecule has 0 radical (unpaired) electrons. The molecule has 28 heavy (non-hydrogen) atoms. The van der Waals surface area contributed by atoms with Gasteiger partial charge in [-0.15, -0.1) is 0 Å². The molecule has 0 aliphatic carbocycles. The third kappa shape index (κ3) is 4.92. The maximum atomic E-state index is 12.6. The van der Waals surface area contributed by atoms with E-state index in [1.165, 1.54) is 4.31 Å². The van der Waals surface area contributed by atoms with Gasteiger partial charge >= 0.3 is 0 Å². The zero-order valence-electron chi connectivity index (χ0n) is 16.4. The molecule has 2 aromatic carbocycles. The molecule has 8 heteroatoms. The van der Waals surface area contributed by atoms with E-state index >= 15 is 0 Å². The van der Waals surface area contributed by atoms with Crippen LogP contribution in [0.25, 0.3) is 0 Å². The van der Waals surface area contributed by atoms with Crippen molar-refractivity contribution < 1.29 is 17.9 Å². The molecule has 0 aliphatic heterocycles. The SMILES string of the molecule is CCN(CC)S(=O)(=O)c1ccc(C(C)NC(=O)c2cc(OC)ccc2Br)cc1. The van der Waals surface area contributed by atoms with Gasteiger partial charge in [-0.1, -0.05) is 26.0 Å². The summed E-state index contributed by atoms with van der Waals surface area (Å²) in [4.78, 5) is 12.9. The van der Waals surface area contributed by atoms with Crippen molar-refractivity contribution in [1.29, 1.82) is 0 Å². The molecule has 6 nitrogen and oxygen atoms in total. The predicted molar refractivity (Wildman–Crippen MR) is 113 cm³/mol. The van der Waals surface area contributed by atoms with E-state index in [0.717, 1.165) is 5.56 Å². The summed E-state index contributed by atoms with van der Waals surface area (Å²) in [6, 6.07) is 11.5. The van der Waals surface area contributed by atoms with E-state index in [4.69, 9.17) is 4.74 Å². The second kappa shape index (κ2) is 9.54. The molecule has 2 aromatic rings. The van der Waals surface area contributed by atoms with Gasteiger partial charge in [0.2, 0.25) is 10.0 Å². The number of nitrogens with one attached hydrogen (secondary N) is 1. The molecule has 0 aliphatic rings. The van der Waals surface area contributed by atoms with Gasteiger partial charge in [0.15, 0.2) is 0 Å². The summed E-state index contributed by atoms with van der Waals surface area (Å²) in [5, 5.41) is 2.92. The Labute approximate surface area is 175 Å². The molecule has 1 amide bonds. The van der Waals surface area contributed by atoms with Crippen LogP contribution in [0.1, 0.15) is 42.7 Å². The van der Waals surface area contributed by atoms with E-state index in [1.807, 2.05) is 20.8 Å². The van der Waals surface area contributed by atoms with Crippen LogP contribution >= 0.6 is 15.9 Å². The quantitative estimate of drug-likeness (QED) is 0.635. The minimum absolute atomic E-state index is 0.244. The van der Waals surface area contributed by atoms with Gasteiger partial charge in [-0.2, -0.15) is 4.31 Å². The molecular weight excluding hydrogens is 444 g/mol. The Hall–Kier alpha value is -1.90. The summed E-state index contributed by atoms with van der Waals surface area (Å²) in [6.45, 7) is 6.30. The van der Waals surface area contributed by atoms with E-state index in [1.54, 1.807) is 49.6 Å². The number of amides is 1. The average molecular weight is 469 g/mol. The van der Waals surface area contributed by atoms with Crippen LogP contribution in [0.5, 0.6) is 5.75 Å². The molecular formula is C20H25BrN2O4S. The number of carbonyl (C=O) groups is 1. The number of halogens is 1. The zero-order valence-corrected chi connectivity index (χ0v) is 18.8. The maximum absolute atomic E-state index is 12.6. The molecule has 152 valence electrons. The Bertz CT molecular complexity index is 926. The molecule has 0 fully saturated rings. The van der Waals surface area contributed by atoms with Crippen molar-refractivity contribution in [1.82, 2.24) is 9.62 Å². The first-order chi connectivity index (χ1) is 13.2. The van der Waals surface area contributed by atoms with Crippen molar-refractivity contribution in [3.63, 3.8) is 0 Å². The standard InChI is InChI=1S/C20H25BrN2O4S/c1-5-23(6-2)28(25,26)17-10-7-15(8-11-17)14(3)22-20(24)18-13-16(27-4)9-12-19(18)21/h7-14H,5-6H2,1-4H3,(H,22,24). The monoisotopic (exact) mass is 468 g/mol. The van der Waals surface area contributed by atoms with Gasteiger partial charge in [-0.3, -0.25) is 4.79 Å². The first-order valence-corrected chi connectivity index (χ1v) is 11.2. The van der Waals surface area contributed by atoms with Crippen LogP contribution in [0.3, 0.4) is 0 Å². The smallest absolute Gasteiger partial charge is 0.253 e. The lowest BCUT2D eigenvalue weighted by atomic mass is 10.1. The number of hydrogen-bond acceptors (Lipinski definition) is 4. The highest BCUT2D eigenvalue weighted by atomic mass is 79.9. The number of nitrogens with zero attached hydrogens (tertiary/aromatic N) is 1. The van der Waals surface area contributed by atoms with Crippen LogP contribution in [0.4, 0.5) is 0 Å². The number of rotatable bonds is 8. The molecule has 1 atom stereocenters. The Morgan fingerprint density at radius 3 is 2.29 bits per heavy atom. The number of methoxy groups -OCH3 is 1. The van der Waals surface area contributed by atoms with Crippen molar-refractivity contribution in [3.05, 3.63) is 58.1 Å². The highest BCUT2D eigenvalue weighted by Gasteiger charge is 2.22. The lowest BCUT2D eigenvalue weighted by molar-refractivity contribution is 0.0938. The van der Waals surface area contributed by atoms with Crippen LogP contribution in [0, 0.1) is 0 Å². The van der Waals surface area contributed by atoms with Crippen molar-refractivity contribution in [3.8, 4) is 5.75 Å². The van der Waals surface area contributed by atoms with E-state index in [9.17, 15) is 13.2 Å². The topological polar surface area (TPSA) is 75.7 Å². The first kappa shape index (κ1) is 22.4. The molecule has 0 aromatic heterocycles. The largest absolute Gasteiger partial charge is 0.497 e. The highest BCUT2D eigenvalue weighted by molar-refractivity contribution is 9.10. The Morgan fingerprint density at radius 2 is 1.75 bits per heavy atom. The summed E-state index contributed by atoms with van der Waals surface area (Å²) >= 11 is 3.38. The fraction of sp³-hybridized carbons (Fsp3) is 0.350. The minimum Gasteiger partial charge on any atom is -0.497 e. The third-order valence-electron chi connectivity index (χ3n) is 4.49. The van der Waals surface area contributed by atoms with Crippen molar-refractivity contribution in [2.24, 2.45) is 0 Å². The van der Waals surface area contributed by atoms with Crippen LogP contribution < -0.4 is 10.1 Å². The molecule has 0 saturated carbocycles. The summed E-state index contributed by atoms with van der Waals surface area (Å²) in [5.41, 5.74) is 1.28. The van der Waals surface area contributed by atoms with Gasteiger partial charge in [-0.05, 0) is 58.7 Å². The Balaban J connectivity index is 2.17. The number of benzene rings is 2. The molecule has 0 saturated heterocycles. The number of hydrogen-bond donors (Lipinski definition) is 1. The van der Waals surface area contributed by atoms with E-state index in [2.05, 4.69) is 21.2 Å². The number of sulfonamides is 1. The van der Waals surface area contributed by atoms with Gasteiger partial charge in [0.1, 0.15) is 5.75 Å². The molecule has 1 unspecified atom stereocenters. The lowest BCUT2D eigenvalue weighted by Crippen LogP contribution is -2.30. The van der Waals surface area contributed by atoms with Gasteiger partial charge in [-0.25, -0.2) is 8.42 Å². The fourth-order valence-electron chi connectivity index (χ4n) is 2.80. The van der Waals surface area contributed by atoms with Gasteiger partial charge in [0.05, 0.1) is 23.6 Å². The van der Waals surface area contributed by atoms with Gasteiger partial charge < -0.3 is 10.1 Å². The second-order valence-electron chi connectivity index (χ2n) is 6.20. The molecule has 2 rings (SSSR count). The Kier molecular flexibility index (Phi) is 7.63. The van der Waals surface area contributed by atoms with Crippen LogP contribution in [-0.4, -0.2) is 38.8 Å². The molecule has 1 N–H and O–H groups in total. The molecule has 0 spiro atoms. The fourth-order valence-corrected chi connectivity index (χ4v) is 4.69. The summed E-state index contributed by atoms with van der Waals surface area (Å²) in [6.07, 6.45) is 0. The summed E-state index contributed by atoms with van der Waals surface area (Å²) < 4.78 is 32.4. The molecule has 0 bridgehead atoms. The minimum atomic E-state index is -3.50. The lowest BCUT2D eigenvalue weighted by Gasteiger charge is -2.19. The van der Waals surface area contributed by atoms with E-state index in [-0.39, 0.29) is 16.8 Å². The van der Waals surface area contributed by atoms with Crippen LogP contribution in [-0.2, 0) is 10.0 Å². The Morgan fingerprint density at radius 1 is 1.14 bits per heavy atom. The normalized spacial score (nSPS) is 12.6. The van der Waals surface area contributed by atoms with Crippen LogP contribution in [0.15, 0.2) is 51.8 Å². The predicted octanol–water partition coefficient (Wildman–Crippen LogP) is 3.98. The zero-order chi connectivity index (χ0) is 20.9. The maximum Gasteiger partial charge on any atom is 0.253 e. The van der Waals surface area contributed by atoms with Crippen LogP contribution in [0.2, 0.25) is 0 Å². The van der Waals surface area contributed by atoms with Crippen molar-refractivity contribution in [2.75, 3.05) is 20.2 Å². The summed E-state index contributed by atoms with van der Waals surface area (Å²) in [7, 11) is -1.95. The van der Waals surface area contributed by atoms with E-state index < -0.39 is 10.0 Å². The highest BCUT2D eigenvalue weighted by Crippen LogP contribution is 2.24. The summed E-state index contributed by atoms with van der Waals surface area (Å²) in [5.74, 6) is 0.338. The second-order valence-corrected chi connectivity index (χ2v) is 8.99. The van der Waals surface area contributed by atoms with Crippen molar-refractivity contribution >= 4 is 31.9 Å². The average Bonchev–Trinajstić information content (AvgIpc) is 2.69. The van der Waals surface area contributed by atoms with Gasteiger partial charge in [0, 0.05) is 17.6 Å². The van der Waals surface area contributed by atoms with Gasteiger partial charge in [0.25, 0.3) is 5.91 Å². The van der Waals surface area contributed by atoms with E-state index in [0.29, 0.717) is 28.9 Å².